The SMILES string of the molecule is CCOC(=O)C(N)Cc1cc2c(cc1OCC)OCO2. The topological polar surface area (TPSA) is 80.0 Å². The zero-order valence-corrected chi connectivity index (χ0v) is 11.7. The number of hydrogen-bond acceptors (Lipinski definition) is 6. The largest absolute Gasteiger partial charge is 0.493 e. The van der Waals surface area contributed by atoms with Gasteiger partial charge in [0.05, 0.1) is 13.2 Å². The van der Waals surface area contributed by atoms with Crippen LogP contribution in [0.25, 0.3) is 0 Å². The van der Waals surface area contributed by atoms with Crippen molar-refractivity contribution in [3.05, 3.63) is 17.7 Å². The molecular weight excluding hydrogens is 262 g/mol. The van der Waals surface area contributed by atoms with Crippen LogP contribution >= 0.6 is 0 Å². The third-order valence-electron chi connectivity index (χ3n) is 2.88. The Morgan fingerprint density at radius 2 is 2.00 bits per heavy atom. The highest BCUT2D eigenvalue weighted by Gasteiger charge is 2.22. The lowest BCUT2D eigenvalue weighted by Gasteiger charge is -2.15. The summed E-state index contributed by atoms with van der Waals surface area (Å²) in [5.41, 5.74) is 6.65. The van der Waals surface area contributed by atoms with Crippen LogP contribution in [0.5, 0.6) is 17.2 Å². The van der Waals surface area contributed by atoms with Gasteiger partial charge in [0.2, 0.25) is 6.79 Å². The van der Waals surface area contributed by atoms with E-state index in [1.54, 1.807) is 19.1 Å². The van der Waals surface area contributed by atoms with Crippen molar-refractivity contribution >= 4 is 5.97 Å². The van der Waals surface area contributed by atoms with Crippen LogP contribution in [-0.2, 0) is 16.0 Å². The Morgan fingerprint density at radius 1 is 1.30 bits per heavy atom. The van der Waals surface area contributed by atoms with E-state index in [4.69, 9.17) is 24.7 Å². The molecule has 0 fully saturated rings. The van der Waals surface area contributed by atoms with Gasteiger partial charge in [-0.05, 0) is 19.9 Å². The number of esters is 1. The second kappa shape index (κ2) is 6.47. The van der Waals surface area contributed by atoms with E-state index in [0.717, 1.165) is 5.56 Å². The van der Waals surface area contributed by atoms with E-state index in [0.29, 0.717) is 36.9 Å². The molecule has 1 heterocycles. The van der Waals surface area contributed by atoms with Gasteiger partial charge in [-0.3, -0.25) is 4.79 Å². The molecule has 1 aliphatic heterocycles. The minimum absolute atomic E-state index is 0.189. The Balaban J connectivity index is 2.19. The van der Waals surface area contributed by atoms with Crippen LogP contribution in [0, 0.1) is 0 Å². The molecule has 0 bridgehead atoms. The van der Waals surface area contributed by atoms with Crippen molar-refractivity contribution in [2.75, 3.05) is 20.0 Å². The molecular formula is C14H19NO5. The number of fused-ring (bicyclic) bond motifs is 1. The number of nitrogens with two attached hydrogens (primary N) is 1. The summed E-state index contributed by atoms with van der Waals surface area (Å²) in [7, 11) is 0. The lowest BCUT2D eigenvalue weighted by atomic mass is 10.0. The van der Waals surface area contributed by atoms with E-state index >= 15 is 0 Å². The van der Waals surface area contributed by atoms with Gasteiger partial charge in [-0.25, -0.2) is 0 Å². The fourth-order valence-electron chi connectivity index (χ4n) is 1.98. The number of rotatable bonds is 6. The van der Waals surface area contributed by atoms with E-state index in [1.807, 2.05) is 6.92 Å². The molecule has 1 aromatic rings. The van der Waals surface area contributed by atoms with Crippen LogP contribution in [0.2, 0.25) is 0 Å². The summed E-state index contributed by atoms with van der Waals surface area (Å²) in [6.07, 6.45) is 0.324. The summed E-state index contributed by atoms with van der Waals surface area (Å²) in [5.74, 6) is 1.51. The number of benzene rings is 1. The van der Waals surface area contributed by atoms with Crippen LogP contribution in [0.1, 0.15) is 19.4 Å². The molecule has 6 heteroatoms. The van der Waals surface area contributed by atoms with Crippen molar-refractivity contribution in [2.45, 2.75) is 26.3 Å². The molecule has 1 unspecified atom stereocenters. The monoisotopic (exact) mass is 281 g/mol. The molecule has 2 N–H and O–H groups in total. The molecule has 0 aromatic heterocycles. The molecule has 6 nitrogen and oxygen atoms in total. The van der Waals surface area contributed by atoms with Gasteiger partial charge in [0.1, 0.15) is 11.8 Å². The van der Waals surface area contributed by atoms with Crippen molar-refractivity contribution in [2.24, 2.45) is 5.73 Å². The van der Waals surface area contributed by atoms with E-state index in [-0.39, 0.29) is 6.79 Å². The fourth-order valence-corrected chi connectivity index (χ4v) is 1.98. The number of hydrogen-bond donors (Lipinski definition) is 1. The Kier molecular flexibility index (Phi) is 4.68. The molecule has 0 radical (unpaired) electrons. The van der Waals surface area contributed by atoms with Crippen LogP contribution in [0.15, 0.2) is 12.1 Å². The Morgan fingerprint density at radius 3 is 2.65 bits per heavy atom. The van der Waals surface area contributed by atoms with E-state index in [9.17, 15) is 4.79 Å². The molecule has 1 atom stereocenters. The van der Waals surface area contributed by atoms with Gasteiger partial charge in [-0.2, -0.15) is 0 Å². The number of ether oxygens (including phenoxy) is 4. The van der Waals surface area contributed by atoms with Gasteiger partial charge in [0.25, 0.3) is 0 Å². The summed E-state index contributed by atoms with van der Waals surface area (Å²) in [4.78, 5) is 11.6. The Bertz CT molecular complexity index is 489. The molecule has 0 saturated heterocycles. The van der Waals surface area contributed by atoms with Gasteiger partial charge < -0.3 is 24.7 Å². The van der Waals surface area contributed by atoms with E-state index in [1.165, 1.54) is 0 Å². The van der Waals surface area contributed by atoms with Crippen LogP contribution in [-0.4, -0.2) is 32.0 Å². The maximum atomic E-state index is 11.6. The van der Waals surface area contributed by atoms with E-state index < -0.39 is 12.0 Å². The first kappa shape index (κ1) is 14.5. The second-order valence-electron chi connectivity index (χ2n) is 4.31. The zero-order valence-electron chi connectivity index (χ0n) is 11.7. The van der Waals surface area contributed by atoms with Gasteiger partial charge in [-0.1, -0.05) is 0 Å². The summed E-state index contributed by atoms with van der Waals surface area (Å²) in [6.45, 7) is 4.65. The minimum Gasteiger partial charge on any atom is -0.493 e. The highest BCUT2D eigenvalue weighted by molar-refractivity contribution is 5.76. The predicted octanol–water partition coefficient (Wildman–Crippen LogP) is 1.25. The molecule has 0 amide bonds. The molecule has 0 spiro atoms. The summed E-state index contributed by atoms with van der Waals surface area (Å²) in [6, 6.07) is 2.83. The lowest BCUT2D eigenvalue weighted by Crippen LogP contribution is -2.34. The van der Waals surface area contributed by atoms with Crippen LogP contribution in [0.3, 0.4) is 0 Å². The second-order valence-corrected chi connectivity index (χ2v) is 4.31. The first-order valence-electron chi connectivity index (χ1n) is 6.63. The van der Waals surface area contributed by atoms with Crippen molar-refractivity contribution in [1.29, 1.82) is 0 Å². The summed E-state index contributed by atoms with van der Waals surface area (Å²) < 4.78 is 21.1. The van der Waals surface area contributed by atoms with Crippen LogP contribution in [0.4, 0.5) is 0 Å². The van der Waals surface area contributed by atoms with E-state index in [2.05, 4.69) is 0 Å². The lowest BCUT2D eigenvalue weighted by molar-refractivity contribution is -0.144. The number of carbonyl (C=O) groups is 1. The molecule has 0 saturated carbocycles. The first-order chi connectivity index (χ1) is 9.65. The average molecular weight is 281 g/mol. The molecule has 1 aromatic carbocycles. The highest BCUT2D eigenvalue weighted by atomic mass is 16.7. The van der Waals surface area contributed by atoms with Crippen molar-refractivity contribution in [3.8, 4) is 17.2 Å². The fraction of sp³-hybridized carbons (Fsp3) is 0.500. The quantitative estimate of drug-likeness (QED) is 0.790. The molecule has 110 valence electrons. The Labute approximate surface area is 117 Å². The maximum Gasteiger partial charge on any atom is 0.323 e. The molecule has 20 heavy (non-hydrogen) atoms. The van der Waals surface area contributed by atoms with Crippen molar-refractivity contribution in [1.82, 2.24) is 0 Å². The first-order valence-corrected chi connectivity index (χ1v) is 6.63. The predicted molar refractivity (Wildman–Crippen MR) is 72.0 cm³/mol. The zero-order chi connectivity index (χ0) is 14.5. The van der Waals surface area contributed by atoms with Crippen LogP contribution < -0.4 is 19.9 Å². The van der Waals surface area contributed by atoms with Crippen molar-refractivity contribution < 1.29 is 23.7 Å². The third-order valence-corrected chi connectivity index (χ3v) is 2.88. The summed E-state index contributed by atoms with van der Waals surface area (Å²) in [5, 5.41) is 0. The van der Waals surface area contributed by atoms with Gasteiger partial charge in [-0.15, -0.1) is 0 Å². The number of carbonyl (C=O) groups excluding carboxylic acids is 1. The third kappa shape index (κ3) is 3.14. The maximum absolute atomic E-state index is 11.6. The normalized spacial score (nSPS) is 13.9. The molecule has 2 rings (SSSR count). The van der Waals surface area contributed by atoms with Crippen molar-refractivity contribution in [3.63, 3.8) is 0 Å². The summed E-state index contributed by atoms with van der Waals surface area (Å²) >= 11 is 0. The standard InChI is InChI=1S/C14H19NO5/c1-3-17-11-7-13-12(19-8-20-13)6-9(11)5-10(15)14(16)18-4-2/h6-7,10H,3-5,8,15H2,1-2H3. The van der Waals surface area contributed by atoms with Gasteiger partial charge >= 0.3 is 5.97 Å². The smallest absolute Gasteiger partial charge is 0.323 e. The van der Waals surface area contributed by atoms with Gasteiger partial charge in [0, 0.05) is 18.1 Å². The minimum atomic E-state index is -0.727. The van der Waals surface area contributed by atoms with Gasteiger partial charge in [0.15, 0.2) is 11.5 Å². The average Bonchev–Trinajstić information content (AvgIpc) is 2.86. The molecule has 1 aliphatic rings. The Hall–Kier alpha value is -1.95. The molecule has 0 aliphatic carbocycles. The highest BCUT2D eigenvalue weighted by Crippen LogP contribution is 2.38.